The number of azide groups is 1. The molecule has 0 bridgehead atoms. The Balaban J connectivity index is 3.18. The molecule has 1 aromatic carbocycles. The van der Waals surface area contributed by atoms with Crippen LogP contribution in [-0.4, -0.2) is 0 Å². The van der Waals surface area contributed by atoms with E-state index in [0.717, 1.165) is 0 Å². The SMILES string of the molecule is [CH2]c1cc([N])cc(N=[N+]=[N-])c1. The molecule has 0 spiro atoms. The Kier molecular flexibility index (Phi) is 1.99. The van der Waals surface area contributed by atoms with Gasteiger partial charge in [-0.3, -0.25) is 0 Å². The van der Waals surface area contributed by atoms with Gasteiger partial charge in [0.15, 0.2) is 0 Å². The molecule has 3 radical (unpaired) electrons. The van der Waals surface area contributed by atoms with Crippen LogP contribution >= 0.6 is 0 Å². The highest BCUT2D eigenvalue weighted by atomic mass is 15.1. The number of hydrogen-bond acceptors (Lipinski definition) is 1. The molecule has 0 aliphatic heterocycles. The second-order valence-electron chi connectivity index (χ2n) is 2.05. The summed E-state index contributed by atoms with van der Waals surface area (Å²) in [5.74, 6) is 0. The summed E-state index contributed by atoms with van der Waals surface area (Å²) in [6.45, 7) is 3.58. The van der Waals surface area contributed by atoms with Crippen molar-refractivity contribution in [3.8, 4) is 0 Å². The van der Waals surface area contributed by atoms with Crippen molar-refractivity contribution < 1.29 is 0 Å². The Labute approximate surface area is 64.3 Å². The van der Waals surface area contributed by atoms with Crippen molar-refractivity contribution in [2.75, 3.05) is 0 Å². The highest BCUT2D eigenvalue weighted by Gasteiger charge is 1.93. The van der Waals surface area contributed by atoms with E-state index in [9.17, 15) is 0 Å². The van der Waals surface area contributed by atoms with Crippen LogP contribution in [0.25, 0.3) is 10.4 Å². The number of nitrogens with zero attached hydrogens (tertiary/aromatic N) is 4. The minimum atomic E-state index is 0.0555. The first-order valence-electron chi connectivity index (χ1n) is 2.93. The van der Waals surface area contributed by atoms with Gasteiger partial charge in [0, 0.05) is 10.6 Å². The maximum atomic E-state index is 9.00. The van der Waals surface area contributed by atoms with Gasteiger partial charge >= 0.3 is 0 Å². The Hall–Kier alpha value is -1.67. The van der Waals surface area contributed by atoms with Gasteiger partial charge in [0.05, 0.1) is 5.69 Å². The minimum absolute atomic E-state index is 0.0555. The summed E-state index contributed by atoms with van der Waals surface area (Å²) in [5.41, 5.74) is 18.1. The van der Waals surface area contributed by atoms with E-state index in [1.807, 2.05) is 0 Å². The lowest BCUT2D eigenvalue weighted by molar-refractivity contribution is 1.40. The van der Waals surface area contributed by atoms with Crippen LogP contribution in [0.3, 0.4) is 0 Å². The average Bonchev–Trinajstić information content (AvgIpc) is 1.85. The van der Waals surface area contributed by atoms with E-state index in [0.29, 0.717) is 11.3 Å². The van der Waals surface area contributed by atoms with Gasteiger partial charge in [0.2, 0.25) is 0 Å². The Morgan fingerprint density at radius 1 is 1.45 bits per heavy atom. The lowest BCUT2D eigenvalue weighted by atomic mass is 10.2. The van der Waals surface area contributed by atoms with Crippen molar-refractivity contribution in [2.24, 2.45) is 5.11 Å². The summed E-state index contributed by atoms with van der Waals surface area (Å²) in [6.07, 6.45) is 0. The van der Waals surface area contributed by atoms with Crippen LogP contribution in [0.4, 0.5) is 11.4 Å². The molecule has 0 N–H and O–H groups in total. The third-order valence-electron chi connectivity index (χ3n) is 1.12. The second-order valence-corrected chi connectivity index (χ2v) is 2.05. The Morgan fingerprint density at radius 2 is 2.18 bits per heavy atom. The van der Waals surface area contributed by atoms with Crippen molar-refractivity contribution in [1.29, 1.82) is 0 Å². The monoisotopic (exact) mass is 145 g/mol. The lowest BCUT2D eigenvalue weighted by Crippen LogP contribution is -1.73. The average molecular weight is 145 g/mol. The summed E-state index contributed by atoms with van der Waals surface area (Å²) >= 11 is 0. The third kappa shape index (κ3) is 1.88. The maximum absolute atomic E-state index is 9.00. The molecule has 0 aliphatic rings. The third-order valence-corrected chi connectivity index (χ3v) is 1.12. The van der Waals surface area contributed by atoms with Crippen LogP contribution in [0.2, 0.25) is 0 Å². The quantitative estimate of drug-likeness (QED) is 0.331. The van der Waals surface area contributed by atoms with E-state index in [-0.39, 0.29) is 5.69 Å². The molecule has 11 heavy (non-hydrogen) atoms. The summed E-state index contributed by atoms with van der Waals surface area (Å²) < 4.78 is 0. The van der Waals surface area contributed by atoms with E-state index in [1.165, 1.54) is 12.1 Å². The van der Waals surface area contributed by atoms with Crippen molar-refractivity contribution in [3.05, 3.63) is 41.1 Å². The highest BCUT2D eigenvalue weighted by Crippen LogP contribution is 2.19. The first-order chi connectivity index (χ1) is 5.22. The zero-order valence-electron chi connectivity index (χ0n) is 5.73. The van der Waals surface area contributed by atoms with Gasteiger partial charge in [-0.25, -0.2) is 0 Å². The predicted molar refractivity (Wildman–Crippen MR) is 41.5 cm³/mol. The molecule has 0 amide bonds. The summed E-state index contributed by atoms with van der Waals surface area (Å²) in [7, 11) is 0. The van der Waals surface area contributed by atoms with E-state index >= 15 is 0 Å². The standard InChI is InChI=1S/C7H5N4/c1-5-2-6(8)4-7(3-5)10-11-9/h2-4H,1H2. The topological polar surface area (TPSA) is 71.1 Å². The fourth-order valence-electron chi connectivity index (χ4n) is 0.766. The van der Waals surface area contributed by atoms with E-state index < -0.39 is 0 Å². The molecule has 4 heteroatoms. The van der Waals surface area contributed by atoms with Crippen LogP contribution in [0, 0.1) is 6.92 Å². The van der Waals surface area contributed by atoms with E-state index in [1.54, 1.807) is 6.07 Å². The molecule has 1 rings (SSSR count). The molecule has 4 nitrogen and oxygen atoms in total. The van der Waals surface area contributed by atoms with Crippen LogP contribution < -0.4 is 5.73 Å². The van der Waals surface area contributed by atoms with Gasteiger partial charge in [0.25, 0.3) is 0 Å². The fraction of sp³-hybridized carbons (Fsp3) is 0. The molecule has 0 unspecified atom stereocenters. The van der Waals surface area contributed by atoms with Crippen molar-refractivity contribution in [2.45, 2.75) is 0 Å². The zero-order valence-corrected chi connectivity index (χ0v) is 5.73. The summed E-state index contributed by atoms with van der Waals surface area (Å²) in [4.78, 5) is 2.57. The summed E-state index contributed by atoms with van der Waals surface area (Å²) in [6, 6.07) is 4.43. The van der Waals surface area contributed by atoms with Gasteiger partial charge in [-0.1, -0.05) is 5.11 Å². The van der Waals surface area contributed by atoms with Gasteiger partial charge in [0.1, 0.15) is 0 Å². The fourth-order valence-corrected chi connectivity index (χ4v) is 0.766. The van der Waals surface area contributed by atoms with Crippen LogP contribution in [0.5, 0.6) is 0 Å². The predicted octanol–water partition coefficient (Wildman–Crippen LogP) is 2.51. The molecule has 0 heterocycles. The number of rotatable bonds is 1. The molecule has 0 saturated carbocycles. The first kappa shape index (κ1) is 7.44. The lowest BCUT2D eigenvalue weighted by Gasteiger charge is -1.94. The Bertz CT molecular complexity index is 292. The highest BCUT2D eigenvalue weighted by molar-refractivity contribution is 5.52. The molecular weight excluding hydrogens is 140 g/mol. The molecule has 53 valence electrons. The molecule has 0 saturated heterocycles. The van der Waals surface area contributed by atoms with Crippen LogP contribution in [-0.2, 0) is 0 Å². The largest absolute Gasteiger partial charge is 0.151 e. The van der Waals surface area contributed by atoms with Crippen LogP contribution in [0.1, 0.15) is 5.56 Å². The maximum Gasteiger partial charge on any atom is 0.0864 e. The smallest absolute Gasteiger partial charge is 0.0864 e. The molecule has 0 aliphatic carbocycles. The van der Waals surface area contributed by atoms with E-state index in [4.69, 9.17) is 11.3 Å². The molecule has 0 atom stereocenters. The molecule has 1 aromatic rings. The first-order valence-corrected chi connectivity index (χ1v) is 2.93. The second kappa shape index (κ2) is 2.94. The normalized spacial score (nSPS) is 8.82. The summed E-state index contributed by atoms with van der Waals surface area (Å²) in [5, 5.41) is 3.31. The Morgan fingerprint density at radius 3 is 2.73 bits per heavy atom. The van der Waals surface area contributed by atoms with Gasteiger partial charge < -0.3 is 0 Å². The van der Waals surface area contributed by atoms with Gasteiger partial charge in [-0.2, -0.15) is 5.73 Å². The van der Waals surface area contributed by atoms with Crippen LogP contribution in [0.15, 0.2) is 23.3 Å². The number of hydrogen-bond donors (Lipinski definition) is 0. The van der Waals surface area contributed by atoms with Crippen molar-refractivity contribution in [3.63, 3.8) is 0 Å². The molecular formula is C7H5N4. The van der Waals surface area contributed by atoms with Crippen molar-refractivity contribution in [1.82, 2.24) is 5.73 Å². The van der Waals surface area contributed by atoms with Gasteiger partial charge in [-0.15, -0.1) is 0 Å². The van der Waals surface area contributed by atoms with E-state index in [2.05, 4.69) is 16.9 Å². The molecule has 0 fully saturated rings. The van der Waals surface area contributed by atoms with Crippen molar-refractivity contribution >= 4 is 11.4 Å². The molecule has 0 aromatic heterocycles. The van der Waals surface area contributed by atoms with Gasteiger partial charge in [-0.05, 0) is 36.2 Å². The number of benzene rings is 1. The zero-order chi connectivity index (χ0) is 8.27. The minimum Gasteiger partial charge on any atom is -0.151 e.